The molecule has 1 unspecified atom stereocenters. The molecule has 10 heteroatoms. The molecule has 0 saturated carbocycles. The summed E-state index contributed by atoms with van der Waals surface area (Å²) in [5.41, 5.74) is 2.03. The van der Waals surface area contributed by atoms with Gasteiger partial charge in [0.05, 0.1) is 10.8 Å². The molecule has 0 spiro atoms. The average Bonchev–Trinajstić information content (AvgIpc) is 3.01. The first kappa shape index (κ1) is 31.1. The highest BCUT2D eigenvalue weighted by Gasteiger charge is 2.20. The Kier molecular flexibility index (Phi) is 10.7. The largest absolute Gasteiger partial charge is 0.478 e. The minimum atomic E-state index is -1.08. The van der Waals surface area contributed by atoms with Crippen LogP contribution < -0.4 is 16.0 Å². The number of carbonyl (C=O) groups excluding carboxylic acids is 3. The highest BCUT2D eigenvalue weighted by molar-refractivity contribution is 8.00. The Balaban J connectivity index is 1.49. The van der Waals surface area contributed by atoms with Gasteiger partial charge in [0.2, 0.25) is 5.91 Å². The van der Waals surface area contributed by atoms with Gasteiger partial charge in [0.15, 0.2) is 0 Å². The predicted octanol–water partition coefficient (Wildman–Crippen LogP) is 6.96. The molecule has 0 radical (unpaired) electrons. The van der Waals surface area contributed by atoms with Crippen molar-refractivity contribution in [3.05, 3.63) is 131 Å². The second-order valence-electron chi connectivity index (χ2n) is 9.30. The van der Waals surface area contributed by atoms with Gasteiger partial charge in [0, 0.05) is 26.9 Å². The summed E-state index contributed by atoms with van der Waals surface area (Å²) in [6, 6.07) is 28.5. The van der Waals surface area contributed by atoms with Crippen LogP contribution in [0.3, 0.4) is 0 Å². The maximum Gasteiger partial charge on any atom is 0.335 e. The number of hydrogen-bond donors (Lipinski definition) is 4. The van der Waals surface area contributed by atoms with Crippen LogP contribution in [0.5, 0.6) is 0 Å². The second-order valence-corrected chi connectivity index (χ2v) is 11.0. The zero-order chi connectivity index (χ0) is 30.8. The third-order valence-corrected chi connectivity index (χ3v) is 7.73. The van der Waals surface area contributed by atoms with Crippen LogP contribution in [0.15, 0.2) is 114 Å². The maximum atomic E-state index is 13.4. The molecule has 0 aromatic heterocycles. The molecule has 0 aliphatic heterocycles. The van der Waals surface area contributed by atoms with Crippen molar-refractivity contribution in [3.8, 4) is 0 Å². The standard InChI is InChI=1S/C33H28ClN3O5S/c1-2-29(32(40)36-25-11-6-10-23(19-25)33(41)42)43-27-13-7-12-26(20-27)35-31(39)28(18-21-14-16-24(34)17-15-21)37-30(38)22-8-4-3-5-9-22/h3-20,29H,2H2,1H3,(H,35,39)(H,36,40)(H,37,38)(H,41,42)/b28-18-. The van der Waals surface area contributed by atoms with Crippen LogP contribution in [0.25, 0.3) is 6.08 Å². The fraction of sp³-hybridized carbons (Fsp3) is 0.0909. The quantitative estimate of drug-likeness (QED) is 0.107. The summed E-state index contributed by atoms with van der Waals surface area (Å²) in [6.07, 6.45) is 2.06. The lowest BCUT2D eigenvalue weighted by Gasteiger charge is -2.16. The molecule has 43 heavy (non-hydrogen) atoms. The summed E-state index contributed by atoms with van der Waals surface area (Å²) in [7, 11) is 0. The Morgan fingerprint density at radius 2 is 1.47 bits per heavy atom. The first-order chi connectivity index (χ1) is 20.7. The van der Waals surface area contributed by atoms with E-state index in [0.717, 1.165) is 4.90 Å². The van der Waals surface area contributed by atoms with Crippen LogP contribution in [0.4, 0.5) is 11.4 Å². The summed E-state index contributed by atoms with van der Waals surface area (Å²) >= 11 is 7.31. The van der Waals surface area contributed by atoms with Crippen LogP contribution in [0, 0.1) is 0 Å². The third kappa shape index (κ3) is 9.06. The highest BCUT2D eigenvalue weighted by atomic mass is 35.5. The number of anilines is 2. The van der Waals surface area contributed by atoms with E-state index in [1.807, 2.05) is 13.0 Å². The molecule has 0 aliphatic rings. The number of carboxylic acids is 1. The SMILES string of the molecule is CCC(Sc1cccc(NC(=O)/C(=C/c2ccc(Cl)cc2)NC(=O)c2ccccc2)c1)C(=O)Nc1cccc(C(=O)O)c1. The van der Waals surface area contributed by atoms with E-state index in [-0.39, 0.29) is 17.2 Å². The molecule has 4 aromatic carbocycles. The van der Waals surface area contributed by atoms with Crippen LogP contribution >= 0.6 is 23.4 Å². The molecule has 0 aliphatic carbocycles. The van der Waals surface area contributed by atoms with Gasteiger partial charge < -0.3 is 21.1 Å². The van der Waals surface area contributed by atoms with E-state index in [2.05, 4.69) is 16.0 Å². The number of hydrogen-bond acceptors (Lipinski definition) is 5. The van der Waals surface area contributed by atoms with Crippen LogP contribution in [0.1, 0.15) is 39.6 Å². The van der Waals surface area contributed by atoms with Crippen molar-refractivity contribution in [2.45, 2.75) is 23.5 Å². The van der Waals surface area contributed by atoms with Crippen LogP contribution in [0.2, 0.25) is 5.02 Å². The zero-order valence-electron chi connectivity index (χ0n) is 23.0. The lowest BCUT2D eigenvalue weighted by atomic mass is 10.1. The molecular formula is C33H28ClN3O5S. The van der Waals surface area contributed by atoms with E-state index in [1.165, 1.54) is 23.9 Å². The lowest BCUT2D eigenvalue weighted by molar-refractivity contribution is -0.116. The van der Waals surface area contributed by atoms with E-state index >= 15 is 0 Å². The van der Waals surface area contributed by atoms with Gasteiger partial charge in [-0.1, -0.05) is 61.0 Å². The van der Waals surface area contributed by atoms with E-state index in [0.29, 0.717) is 33.9 Å². The van der Waals surface area contributed by atoms with Crippen molar-refractivity contribution in [1.29, 1.82) is 0 Å². The molecule has 3 amide bonds. The fourth-order valence-corrected chi connectivity index (χ4v) is 5.09. The number of amides is 3. The number of halogens is 1. The number of nitrogens with one attached hydrogen (secondary N) is 3. The Hall–Kier alpha value is -4.86. The van der Waals surface area contributed by atoms with E-state index in [9.17, 15) is 24.3 Å². The fourth-order valence-electron chi connectivity index (χ4n) is 3.95. The number of aromatic carboxylic acids is 1. The van der Waals surface area contributed by atoms with Crippen molar-refractivity contribution >= 4 is 64.5 Å². The number of carboxylic acid groups (broad SMARTS) is 1. The second kappa shape index (κ2) is 14.9. The Bertz CT molecular complexity index is 1660. The minimum absolute atomic E-state index is 0.0311. The molecule has 8 nitrogen and oxygen atoms in total. The van der Waals surface area contributed by atoms with Crippen LogP contribution in [-0.4, -0.2) is 34.0 Å². The maximum absolute atomic E-state index is 13.4. The predicted molar refractivity (Wildman–Crippen MR) is 170 cm³/mol. The zero-order valence-corrected chi connectivity index (χ0v) is 24.6. The smallest absolute Gasteiger partial charge is 0.335 e. The van der Waals surface area contributed by atoms with Gasteiger partial charge in [0.25, 0.3) is 11.8 Å². The average molecular weight is 614 g/mol. The summed E-state index contributed by atoms with van der Waals surface area (Å²) in [5, 5.41) is 17.6. The van der Waals surface area contributed by atoms with Crippen molar-refractivity contribution in [1.82, 2.24) is 5.32 Å². The summed E-state index contributed by atoms with van der Waals surface area (Å²) in [5.74, 6) is -2.33. The van der Waals surface area contributed by atoms with Gasteiger partial charge in [0.1, 0.15) is 5.70 Å². The first-order valence-electron chi connectivity index (χ1n) is 13.3. The molecule has 4 N–H and O–H groups in total. The summed E-state index contributed by atoms with van der Waals surface area (Å²) in [4.78, 5) is 51.3. The van der Waals surface area contributed by atoms with Gasteiger partial charge in [-0.3, -0.25) is 14.4 Å². The molecule has 0 fully saturated rings. The molecule has 0 saturated heterocycles. The lowest BCUT2D eigenvalue weighted by Crippen LogP contribution is -2.30. The molecule has 1 atom stereocenters. The molecular weight excluding hydrogens is 586 g/mol. The Morgan fingerprint density at radius 1 is 0.814 bits per heavy atom. The van der Waals surface area contributed by atoms with Crippen LogP contribution in [-0.2, 0) is 9.59 Å². The van der Waals surface area contributed by atoms with Crippen molar-refractivity contribution < 1.29 is 24.3 Å². The molecule has 218 valence electrons. The van der Waals surface area contributed by atoms with Gasteiger partial charge >= 0.3 is 5.97 Å². The molecule has 0 bridgehead atoms. The topological polar surface area (TPSA) is 125 Å². The van der Waals surface area contributed by atoms with Crippen molar-refractivity contribution in [2.75, 3.05) is 10.6 Å². The van der Waals surface area contributed by atoms with Gasteiger partial charge in [-0.25, -0.2) is 4.79 Å². The molecule has 4 aromatic rings. The molecule has 4 rings (SSSR count). The summed E-state index contributed by atoms with van der Waals surface area (Å²) < 4.78 is 0. The van der Waals surface area contributed by atoms with Gasteiger partial charge in [-0.15, -0.1) is 11.8 Å². The van der Waals surface area contributed by atoms with E-state index in [1.54, 1.807) is 91.0 Å². The van der Waals surface area contributed by atoms with E-state index < -0.39 is 23.0 Å². The van der Waals surface area contributed by atoms with E-state index in [4.69, 9.17) is 11.6 Å². The van der Waals surface area contributed by atoms with Crippen molar-refractivity contribution in [2.24, 2.45) is 0 Å². The number of thioether (sulfide) groups is 1. The highest BCUT2D eigenvalue weighted by Crippen LogP contribution is 2.29. The molecule has 0 heterocycles. The number of benzene rings is 4. The third-order valence-electron chi connectivity index (χ3n) is 6.12. The van der Waals surface area contributed by atoms with Gasteiger partial charge in [-0.05, 0) is 78.7 Å². The minimum Gasteiger partial charge on any atom is -0.478 e. The van der Waals surface area contributed by atoms with Crippen molar-refractivity contribution in [3.63, 3.8) is 0 Å². The number of carbonyl (C=O) groups is 4. The van der Waals surface area contributed by atoms with Gasteiger partial charge in [-0.2, -0.15) is 0 Å². The number of rotatable bonds is 11. The Labute approximate surface area is 258 Å². The normalized spacial score (nSPS) is 11.7. The summed E-state index contributed by atoms with van der Waals surface area (Å²) in [6.45, 7) is 1.87. The monoisotopic (exact) mass is 613 g/mol. The first-order valence-corrected chi connectivity index (χ1v) is 14.5. The Morgan fingerprint density at radius 3 is 2.14 bits per heavy atom.